The van der Waals surface area contributed by atoms with Gasteiger partial charge in [0, 0.05) is 36.1 Å². The number of nitrogens with zero attached hydrogens (tertiary/aromatic N) is 1. The van der Waals surface area contributed by atoms with Crippen LogP contribution in [0.3, 0.4) is 0 Å². The lowest BCUT2D eigenvalue weighted by Gasteiger charge is -2.45. The maximum absolute atomic E-state index is 12.2. The summed E-state index contributed by atoms with van der Waals surface area (Å²) in [5.41, 5.74) is 2.70. The molecular formula is C28H34N2O4. The van der Waals surface area contributed by atoms with Crippen LogP contribution in [0.5, 0.6) is 0 Å². The molecule has 0 radical (unpaired) electrons. The zero-order valence-electron chi connectivity index (χ0n) is 20.0. The summed E-state index contributed by atoms with van der Waals surface area (Å²) in [6, 6.07) is 23.3. The fraction of sp³-hybridized carbons (Fsp3) is 0.393. The first kappa shape index (κ1) is 24.4. The van der Waals surface area contributed by atoms with Crippen LogP contribution in [0.1, 0.15) is 42.2 Å². The summed E-state index contributed by atoms with van der Waals surface area (Å²) in [7, 11) is 4.06. The second-order valence-corrected chi connectivity index (χ2v) is 8.99. The topological polar surface area (TPSA) is 63.8 Å². The summed E-state index contributed by atoms with van der Waals surface area (Å²) in [5, 5.41) is 0. The fourth-order valence-corrected chi connectivity index (χ4v) is 4.37. The highest BCUT2D eigenvalue weighted by atomic mass is 16.7. The SMILES string of the molecule is CN(C)CCC(OC1(c2ccccc2)OCCCC1OCc1ccccc1)c1cc(=O)cc[nH]1. The van der Waals surface area contributed by atoms with Crippen molar-refractivity contribution < 1.29 is 14.2 Å². The number of pyridine rings is 1. The van der Waals surface area contributed by atoms with Crippen LogP contribution in [0.2, 0.25) is 0 Å². The number of aromatic nitrogens is 1. The van der Waals surface area contributed by atoms with Gasteiger partial charge in [0.05, 0.1) is 13.2 Å². The van der Waals surface area contributed by atoms with E-state index in [9.17, 15) is 4.79 Å². The Kier molecular flexibility index (Phi) is 8.29. The second-order valence-electron chi connectivity index (χ2n) is 8.99. The smallest absolute Gasteiger partial charge is 0.222 e. The minimum Gasteiger partial charge on any atom is -0.368 e. The van der Waals surface area contributed by atoms with Crippen LogP contribution in [0, 0.1) is 0 Å². The van der Waals surface area contributed by atoms with E-state index in [1.807, 2.05) is 62.6 Å². The molecule has 6 heteroatoms. The van der Waals surface area contributed by atoms with Crippen molar-refractivity contribution in [2.75, 3.05) is 27.2 Å². The molecule has 34 heavy (non-hydrogen) atoms. The molecule has 1 saturated heterocycles. The van der Waals surface area contributed by atoms with Crippen LogP contribution in [-0.4, -0.2) is 43.2 Å². The molecule has 2 heterocycles. The van der Waals surface area contributed by atoms with E-state index in [1.165, 1.54) is 6.07 Å². The number of benzene rings is 2. The van der Waals surface area contributed by atoms with E-state index in [-0.39, 0.29) is 17.6 Å². The third kappa shape index (κ3) is 6.02. The Labute approximate surface area is 201 Å². The van der Waals surface area contributed by atoms with Crippen LogP contribution in [0.15, 0.2) is 83.8 Å². The molecule has 3 unspecified atom stereocenters. The predicted octanol–water partition coefficient (Wildman–Crippen LogP) is 4.63. The van der Waals surface area contributed by atoms with Gasteiger partial charge >= 0.3 is 0 Å². The Balaban J connectivity index is 1.69. The minimum absolute atomic E-state index is 0.0533. The molecule has 1 N–H and O–H groups in total. The maximum atomic E-state index is 12.2. The van der Waals surface area contributed by atoms with Gasteiger partial charge in [-0.2, -0.15) is 0 Å². The first-order valence-corrected chi connectivity index (χ1v) is 11.9. The second kappa shape index (κ2) is 11.6. The lowest BCUT2D eigenvalue weighted by Crippen LogP contribution is -2.50. The molecule has 0 bridgehead atoms. The van der Waals surface area contributed by atoms with Gasteiger partial charge in [-0.3, -0.25) is 4.79 Å². The third-order valence-electron chi connectivity index (χ3n) is 6.12. The van der Waals surface area contributed by atoms with E-state index in [1.54, 1.807) is 12.3 Å². The fourth-order valence-electron chi connectivity index (χ4n) is 4.37. The molecule has 0 amide bonds. The van der Waals surface area contributed by atoms with E-state index >= 15 is 0 Å². The Morgan fingerprint density at radius 1 is 1.09 bits per heavy atom. The van der Waals surface area contributed by atoms with Crippen LogP contribution < -0.4 is 5.43 Å². The lowest BCUT2D eigenvalue weighted by molar-refractivity contribution is -0.339. The first-order valence-electron chi connectivity index (χ1n) is 11.9. The molecule has 1 aromatic heterocycles. The molecule has 0 spiro atoms. The van der Waals surface area contributed by atoms with Crippen LogP contribution >= 0.6 is 0 Å². The normalized spacial score (nSPS) is 21.4. The lowest BCUT2D eigenvalue weighted by atomic mass is 9.93. The molecule has 1 fully saturated rings. The predicted molar refractivity (Wildman–Crippen MR) is 132 cm³/mol. The van der Waals surface area contributed by atoms with E-state index in [4.69, 9.17) is 14.2 Å². The molecule has 4 rings (SSSR count). The first-order chi connectivity index (χ1) is 16.6. The van der Waals surface area contributed by atoms with Crippen LogP contribution in [0.25, 0.3) is 0 Å². The molecule has 0 saturated carbocycles. The minimum atomic E-state index is -1.09. The zero-order valence-corrected chi connectivity index (χ0v) is 20.0. The van der Waals surface area contributed by atoms with E-state index in [0.717, 1.165) is 36.2 Å². The van der Waals surface area contributed by atoms with Gasteiger partial charge in [0.15, 0.2) is 5.43 Å². The highest BCUT2D eigenvalue weighted by Gasteiger charge is 2.48. The van der Waals surface area contributed by atoms with Gasteiger partial charge in [0.2, 0.25) is 5.79 Å². The average Bonchev–Trinajstić information content (AvgIpc) is 2.87. The quantitative estimate of drug-likeness (QED) is 0.476. The Morgan fingerprint density at radius 3 is 2.53 bits per heavy atom. The average molecular weight is 463 g/mol. The van der Waals surface area contributed by atoms with Gasteiger partial charge in [0.25, 0.3) is 0 Å². The molecular weight excluding hydrogens is 428 g/mol. The molecule has 2 aromatic carbocycles. The van der Waals surface area contributed by atoms with Gasteiger partial charge in [-0.05, 0) is 38.9 Å². The zero-order chi connectivity index (χ0) is 23.8. The van der Waals surface area contributed by atoms with Crippen molar-refractivity contribution in [3.8, 4) is 0 Å². The molecule has 3 atom stereocenters. The Hall–Kier alpha value is -2.77. The van der Waals surface area contributed by atoms with Crippen molar-refractivity contribution in [1.82, 2.24) is 9.88 Å². The number of rotatable bonds is 10. The number of hydrogen-bond donors (Lipinski definition) is 1. The highest BCUT2D eigenvalue weighted by Crippen LogP contribution is 2.43. The molecule has 3 aromatic rings. The molecule has 1 aliphatic heterocycles. The van der Waals surface area contributed by atoms with E-state index in [0.29, 0.717) is 19.6 Å². The highest BCUT2D eigenvalue weighted by molar-refractivity contribution is 5.23. The van der Waals surface area contributed by atoms with Crippen molar-refractivity contribution in [2.45, 2.75) is 43.9 Å². The van der Waals surface area contributed by atoms with E-state index in [2.05, 4.69) is 22.0 Å². The molecule has 6 nitrogen and oxygen atoms in total. The van der Waals surface area contributed by atoms with E-state index < -0.39 is 5.79 Å². The van der Waals surface area contributed by atoms with Gasteiger partial charge in [-0.1, -0.05) is 60.7 Å². The Morgan fingerprint density at radius 2 is 1.82 bits per heavy atom. The van der Waals surface area contributed by atoms with Gasteiger partial charge in [-0.15, -0.1) is 0 Å². The summed E-state index contributed by atoms with van der Waals surface area (Å²) < 4.78 is 19.9. The number of ether oxygens (including phenoxy) is 3. The molecule has 0 aliphatic carbocycles. The summed E-state index contributed by atoms with van der Waals surface area (Å²) in [6.45, 7) is 1.84. The maximum Gasteiger partial charge on any atom is 0.222 e. The number of H-pyrrole nitrogens is 1. The van der Waals surface area contributed by atoms with Gasteiger partial charge in [0.1, 0.15) is 12.2 Å². The van der Waals surface area contributed by atoms with Crippen molar-refractivity contribution in [2.24, 2.45) is 0 Å². The van der Waals surface area contributed by atoms with Gasteiger partial charge in [-0.25, -0.2) is 0 Å². The largest absolute Gasteiger partial charge is 0.368 e. The standard InChI is InChI=1S/C28H34N2O4/c1-30(2)18-16-26(25-20-24(31)15-17-29-25)34-28(23-12-7-4-8-13-23)27(14-9-19-33-28)32-21-22-10-5-3-6-11-22/h3-8,10-13,15,17,20,26-27H,9,14,16,18-19,21H2,1-2H3,(H,29,31). The number of hydrogen-bond acceptors (Lipinski definition) is 5. The van der Waals surface area contributed by atoms with Crippen molar-refractivity contribution in [3.63, 3.8) is 0 Å². The number of aromatic amines is 1. The molecule has 180 valence electrons. The van der Waals surface area contributed by atoms with Gasteiger partial charge < -0.3 is 24.1 Å². The summed E-state index contributed by atoms with van der Waals surface area (Å²) in [5.74, 6) is -1.09. The van der Waals surface area contributed by atoms with Crippen LogP contribution in [-0.2, 0) is 26.6 Å². The third-order valence-corrected chi connectivity index (χ3v) is 6.12. The van der Waals surface area contributed by atoms with Crippen molar-refractivity contribution in [1.29, 1.82) is 0 Å². The molecule has 1 aliphatic rings. The van der Waals surface area contributed by atoms with Crippen molar-refractivity contribution >= 4 is 0 Å². The number of nitrogens with one attached hydrogen (secondary N) is 1. The summed E-state index contributed by atoms with van der Waals surface area (Å²) in [4.78, 5) is 17.5. The van der Waals surface area contributed by atoms with Crippen molar-refractivity contribution in [3.05, 3.63) is 106 Å². The summed E-state index contributed by atoms with van der Waals surface area (Å²) >= 11 is 0. The monoisotopic (exact) mass is 462 g/mol. The summed E-state index contributed by atoms with van der Waals surface area (Å²) in [6.07, 6.45) is 3.38. The Bertz CT molecular complexity index is 1070. The van der Waals surface area contributed by atoms with Crippen LogP contribution in [0.4, 0.5) is 0 Å².